The van der Waals surface area contributed by atoms with Crippen molar-refractivity contribution in [3.8, 4) is 0 Å². The number of carbonyl (C=O) groups is 1. The quantitative estimate of drug-likeness (QED) is 0.847. The average molecular weight is 323 g/mol. The molecule has 0 spiro atoms. The van der Waals surface area contributed by atoms with Crippen LogP contribution in [0.3, 0.4) is 0 Å². The Kier molecular flexibility index (Phi) is 3.46. The summed E-state index contributed by atoms with van der Waals surface area (Å²) in [6.45, 7) is 1.58. The molecule has 5 nitrogen and oxygen atoms in total. The number of alkyl halides is 3. The first-order valence-corrected chi connectivity index (χ1v) is 6.83. The van der Waals surface area contributed by atoms with E-state index in [0.29, 0.717) is 11.4 Å². The standard InChI is InChI=1S/C15H12F3N3O2/c1-7-19-13-12(14(23)20-7)10(6-11(22)21-13)8-2-4-9(5-3-8)15(16,17)18/h2-5,10H,6H2,1H3,(H2,19,20,21,22,23)/t10-/m1/s1. The molecule has 2 heterocycles. The molecule has 1 aromatic heterocycles. The highest BCUT2D eigenvalue weighted by atomic mass is 19.4. The maximum atomic E-state index is 12.6. The van der Waals surface area contributed by atoms with Crippen molar-refractivity contribution >= 4 is 11.7 Å². The lowest BCUT2D eigenvalue weighted by molar-refractivity contribution is -0.137. The Morgan fingerprint density at radius 3 is 2.43 bits per heavy atom. The fourth-order valence-electron chi connectivity index (χ4n) is 2.67. The minimum absolute atomic E-state index is 0.0216. The number of amides is 1. The van der Waals surface area contributed by atoms with E-state index in [1.165, 1.54) is 12.1 Å². The van der Waals surface area contributed by atoms with Gasteiger partial charge in [-0.15, -0.1) is 0 Å². The van der Waals surface area contributed by atoms with Crippen LogP contribution in [0.4, 0.5) is 19.0 Å². The maximum Gasteiger partial charge on any atom is 0.416 e. The predicted octanol–water partition coefficient (Wildman–Crippen LogP) is 2.57. The Balaban J connectivity index is 2.08. The highest BCUT2D eigenvalue weighted by Crippen LogP contribution is 2.35. The largest absolute Gasteiger partial charge is 0.416 e. The highest BCUT2D eigenvalue weighted by Gasteiger charge is 2.33. The summed E-state index contributed by atoms with van der Waals surface area (Å²) in [6, 6.07) is 4.46. The van der Waals surface area contributed by atoms with Crippen LogP contribution >= 0.6 is 0 Å². The zero-order valence-electron chi connectivity index (χ0n) is 12.0. The number of fused-ring (bicyclic) bond motifs is 1. The van der Waals surface area contributed by atoms with Crippen molar-refractivity contribution in [1.82, 2.24) is 9.97 Å². The summed E-state index contributed by atoms with van der Waals surface area (Å²) in [5.41, 5.74) is -0.463. The van der Waals surface area contributed by atoms with Crippen LogP contribution in [0.5, 0.6) is 0 Å². The van der Waals surface area contributed by atoms with Crippen LogP contribution in [-0.2, 0) is 11.0 Å². The summed E-state index contributed by atoms with van der Waals surface area (Å²) < 4.78 is 37.9. The third-order valence-corrected chi connectivity index (χ3v) is 3.71. The van der Waals surface area contributed by atoms with E-state index in [9.17, 15) is 22.8 Å². The third-order valence-electron chi connectivity index (χ3n) is 3.71. The minimum Gasteiger partial charge on any atom is -0.310 e. The lowest BCUT2D eigenvalue weighted by Gasteiger charge is -2.24. The first-order valence-electron chi connectivity index (χ1n) is 6.83. The smallest absolute Gasteiger partial charge is 0.310 e. The van der Waals surface area contributed by atoms with Crippen molar-refractivity contribution in [2.24, 2.45) is 0 Å². The Hall–Kier alpha value is -2.64. The minimum atomic E-state index is -4.43. The van der Waals surface area contributed by atoms with Crippen LogP contribution in [0.1, 0.15) is 34.9 Å². The molecule has 120 valence electrons. The molecule has 1 atom stereocenters. The Labute approximate surface area is 128 Å². The van der Waals surface area contributed by atoms with Gasteiger partial charge in [0.15, 0.2) is 0 Å². The van der Waals surface area contributed by atoms with Gasteiger partial charge in [0.25, 0.3) is 5.56 Å². The van der Waals surface area contributed by atoms with E-state index in [0.717, 1.165) is 12.1 Å². The topological polar surface area (TPSA) is 74.8 Å². The normalized spacial score (nSPS) is 17.6. The van der Waals surface area contributed by atoms with Crippen LogP contribution in [0.2, 0.25) is 0 Å². The summed E-state index contributed by atoms with van der Waals surface area (Å²) in [6.07, 6.45) is -4.46. The molecular formula is C15H12F3N3O2. The summed E-state index contributed by atoms with van der Waals surface area (Å²) >= 11 is 0. The first-order chi connectivity index (χ1) is 10.8. The lowest BCUT2D eigenvalue weighted by Crippen LogP contribution is -2.31. The predicted molar refractivity (Wildman–Crippen MR) is 76.1 cm³/mol. The van der Waals surface area contributed by atoms with Crippen molar-refractivity contribution in [3.05, 3.63) is 57.1 Å². The van der Waals surface area contributed by atoms with E-state index in [1.54, 1.807) is 6.92 Å². The van der Waals surface area contributed by atoms with E-state index < -0.39 is 23.2 Å². The summed E-state index contributed by atoms with van der Waals surface area (Å²) in [4.78, 5) is 30.6. The summed E-state index contributed by atoms with van der Waals surface area (Å²) in [5, 5.41) is 2.53. The van der Waals surface area contributed by atoms with E-state index in [1.807, 2.05) is 0 Å². The van der Waals surface area contributed by atoms with Gasteiger partial charge in [0.1, 0.15) is 11.6 Å². The molecule has 0 aliphatic carbocycles. The van der Waals surface area contributed by atoms with E-state index in [2.05, 4.69) is 15.3 Å². The molecule has 1 aliphatic heterocycles. The monoisotopic (exact) mass is 323 g/mol. The average Bonchev–Trinajstić information content (AvgIpc) is 2.44. The number of aromatic nitrogens is 2. The molecule has 3 rings (SSSR count). The number of aryl methyl sites for hydroxylation is 1. The number of carbonyl (C=O) groups excluding carboxylic acids is 1. The van der Waals surface area contributed by atoms with Gasteiger partial charge < -0.3 is 10.3 Å². The second-order valence-electron chi connectivity index (χ2n) is 5.34. The molecule has 0 saturated carbocycles. The Bertz CT molecular complexity index is 825. The van der Waals surface area contributed by atoms with Crippen LogP contribution in [-0.4, -0.2) is 15.9 Å². The highest BCUT2D eigenvalue weighted by molar-refractivity contribution is 5.94. The number of halogens is 3. The van der Waals surface area contributed by atoms with Gasteiger partial charge in [0.05, 0.1) is 11.1 Å². The molecule has 0 radical (unpaired) electrons. The fraction of sp³-hybridized carbons (Fsp3) is 0.267. The van der Waals surface area contributed by atoms with Gasteiger partial charge >= 0.3 is 6.18 Å². The maximum absolute atomic E-state index is 12.6. The van der Waals surface area contributed by atoms with Crippen molar-refractivity contribution in [2.45, 2.75) is 25.4 Å². The number of rotatable bonds is 1. The Morgan fingerprint density at radius 1 is 1.17 bits per heavy atom. The first kappa shape index (κ1) is 15.3. The van der Waals surface area contributed by atoms with Crippen molar-refractivity contribution in [3.63, 3.8) is 0 Å². The number of hydrogen-bond donors (Lipinski definition) is 2. The molecule has 2 N–H and O–H groups in total. The van der Waals surface area contributed by atoms with Gasteiger partial charge in [-0.05, 0) is 24.6 Å². The van der Waals surface area contributed by atoms with Crippen molar-refractivity contribution in [1.29, 1.82) is 0 Å². The second-order valence-corrected chi connectivity index (χ2v) is 5.34. The SMILES string of the molecule is Cc1nc2c(c(=O)[nH]1)[C@@H](c1ccc(C(F)(F)F)cc1)CC(=O)N2. The van der Waals surface area contributed by atoms with Gasteiger partial charge in [-0.25, -0.2) is 4.98 Å². The molecule has 23 heavy (non-hydrogen) atoms. The molecule has 8 heteroatoms. The fourth-order valence-corrected chi connectivity index (χ4v) is 2.67. The Morgan fingerprint density at radius 2 is 1.83 bits per heavy atom. The number of nitrogens with one attached hydrogen (secondary N) is 2. The molecule has 0 fully saturated rings. The molecule has 1 aliphatic rings. The van der Waals surface area contributed by atoms with E-state index >= 15 is 0 Å². The summed E-state index contributed by atoms with van der Waals surface area (Å²) in [5.74, 6) is -0.452. The molecule has 0 saturated heterocycles. The van der Waals surface area contributed by atoms with E-state index in [-0.39, 0.29) is 23.7 Å². The number of benzene rings is 1. The van der Waals surface area contributed by atoms with Crippen LogP contribution in [0.25, 0.3) is 0 Å². The third kappa shape index (κ3) is 2.84. The molecular weight excluding hydrogens is 311 g/mol. The number of anilines is 1. The lowest BCUT2D eigenvalue weighted by atomic mass is 9.86. The van der Waals surface area contributed by atoms with Crippen molar-refractivity contribution in [2.75, 3.05) is 5.32 Å². The zero-order chi connectivity index (χ0) is 16.8. The summed E-state index contributed by atoms with van der Waals surface area (Å²) in [7, 11) is 0. The molecule has 1 amide bonds. The van der Waals surface area contributed by atoms with Crippen LogP contribution in [0.15, 0.2) is 29.1 Å². The van der Waals surface area contributed by atoms with Gasteiger partial charge in [0, 0.05) is 12.3 Å². The van der Waals surface area contributed by atoms with Gasteiger partial charge in [-0.2, -0.15) is 13.2 Å². The number of H-pyrrole nitrogens is 1. The number of hydrogen-bond acceptors (Lipinski definition) is 3. The molecule has 1 aromatic carbocycles. The van der Waals surface area contributed by atoms with E-state index in [4.69, 9.17) is 0 Å². The van der Waals surface area contributed by atoms with Crippen LogP contribution in [0, 0.1) is 6.92 Å². The van der Waals surface area contributed by atoms with Gasteiger partial charge in [0.2, 0.25) is 5.91 Å². The number of nitrogens with zero attached hydrogens (tertiary/aromatic N) is 1. The van der Waals surface area contributed by atoms with Gasteiger partial charge in [-0.1, -0.05) is 12.1 Å². The molecule has 0 unspecified atom stereocenters. The zero-order valence-corrected chi connectivity index (χ0v) is 12.0. The molecule has 2 aromatic rings. The second kappa shape index (κ2) is 5.22. The molecule has 0 bridgehead atoms. The van der Waals surface area contributed by atoms with Crippen LogP contribution < -0.4 is 10.9 Å². The number of aromatic amines is 1. The van der Waals surface area contributed by atoms with Crippen molar-refractivity contribution < 1.29 is 18.0 Å². The van der Waals surface area contributed by atoms with Gasteiger partial charge in [-0.3, -0.25) is 9.59 Å².